The molecule has 0 radical (unpaired) electrons. The summed E-state index contributed by atoms with van der Waals surface area (Å²) in [5, 5.41) is 0. The topological polar surface area (TPSA) is 47.4 Å². The molecule has 0 spiro atoms. The average Bonchev–Trinajstić information content (AvgIpc) is 2.87. The third-order valence-corrected chi connectivity index (χ3v) is 3.35. The highest BCUT2D eigenvalue weighted by molar-refractivity contribution is 5.79. The van der Waals surface area contributed by atoms with Crippen LogP contribution in [0.5, 0.6) is 0 Å². The smallest absolute Gasteiger partial charge is 0.328 e. The van der Waals surface area contributed by atoms with Crippen LogP contribution in [0.4, 0.5) is 5.95 Å². The molecule has 0 amide bonds. The number of rotatable bonds is 4. The summed E-state index contributed by atoms with van der Waals surface area (Å²) in [5.41, 5.74) is 0. The van der Waals surface area contributed by atoms with Crippen molar-refractivity contribution in [1.82, 2.24) is 9.55 Å². The number of nitrogens with zero attached hydrogens (tertiary/aromatic N) is 3. The van der Waals surface area contributed by atoms with Crippen molar-refractivity contribution in [2.24, 2.45) is 0 Å². The number of aryl methyl sites for hydroxylation is 1. The Morgan fingerprint density at radius 2 is 2.33 bits per heavy atom. The van der Waals surface area contributed by atoms with Crippen molar-refractivity contribution in [2.75, 3.05) is 18.1 Å². The Labute approximate surface area is 108 Å². The van der Waals surface area contributed by atoms with Gasteiger partial charge in [-0.2, -0.15) is 0 Å². The zero-order chi connectivity index (χ0) is 13.0. The van der Waals surface area contributed by atoms with Crippen LogP contribution >= 0.6 is 0 Å². The van der Waals surface area contributed by atoms with E-state index in [0.717, 1.165) is 38.3 Å². The summed E-state index contributed by atoms with van der Waals surface area (Å²) in [6, 6.07) is -0.175. The van der Waals surface area contributed by atoms with E-state index in [1.54, 1.807) is 6.20 Å². The maximum Gasteiger partial charge on any atom is 0.328 e. The number of carbonyl (C=O) groups excluding carboxylic acids is 1. The molecule has 1 unspecified atom stereocenters. The van der Waals surface area contributed by atoms with Crippen LogP contribution in [0.1, 0.15) is 33.1 Å². The fourth-order valence-electron chi connectivity index (χ4n) is 2.46. The van der Waals surface area contributed by atoms with Gasteiger partial charge in [-0.3, -0.25) is 0 Å². The average molecular weight is 251 g/mol. The largest absolute Gasteiger partial charge is 0.464 e. The van der Waals surface area contributed by atoms with Crippen LogP contribution in [0, 0.1) is 0 Å². The number of esters is 1. The number of piperidine rings is 1. The van der Waals surface area contributed by atoms with E-state index in [9.17, 15) is 4.79 Å². The molecule has 0 aliphatic carbocycles. The molecule has 1 aromatic rings. The van der Waals surface area contributed by atoms with Crippen LogP contribution in [0.2, 0.25) is 0 Å². The molecule has 1 aliphatic rings. The monoisotopic (exact) mass is 251 g/mol. The molecule has 18 heavy (non-hydrogen) atoms. The number of aromatic nitrogens is 2. The predicted octanol–water partition coefficient (Wildman–Crippen LogP) is 1.82. The molecular formula is C13H21N3O2. The van der Waals surface area contributed by atoms with E-state index in [1.807, 2.05) is 13.1 Å². The van der Waals surface area contributed by atoms with E-state index in [2.05, 4.69) is 21.4 Å². The van der Waals surface area contributed by atoms with E-state index in [0.29, 0.717) is 6.61 Å². The minimum absolute atomic E-state index is 0.122. The van der Waals surface area contributed by atoms with Crippen molar-refractivity contribution in [2.45, 2.75) is 45.7 Å². The Hall–Kier alpha value is -1.52. The fraction of sp³-hybridized carbons (Fsp3) is 0.692. The normalized spacial score (nSPS) is 19.9. The number of hydrogen-bond donors (Lipinski definition) is 0. The van der Waals surface area contributed by atoms with E-state index in [-0.39, 0.29) is 12.0 Å². The molecule has 2 heterocycles. The highest BCUT2D eigenvalue weighted by Gasteiger charge is 2.31. The second kappa shape index (κ2) is 5.89. The number of carbonyl (C=O) groups is 1. The molecular weight excluding hydrogens is 230 g/mol. The van der Waals surface area contributed by atoms with Gasteiger partial charge >= 0.3 is 5.97 Å². The molecule has 5 nitrogen and oxygen atoms in total. The number of hydrogen-bond acceptors (Lipinski definition) is 4. The molecule has 2 rings (SSSR count). The maximum atomic E-state index is 12.0. The van der Waals surface area contributed by atoms with Gasteiger partial charge in [0.25, 0.3) is 0 Å². The van der Waals surface area contributed by atoms with Gasteiger partial charge in [-0.05, 0) is 33.1 Å². The van der Waals surface area contributed by atoms with Crippen LogP contribution in [0.25, 0.3) is 0 Å². The van der Waals surface area contributed by atoms with Crippen LogP contribution in [0.3, 0.4) is 0 Å². The Balaban J connectivity index is 2.20. The van der Waals surface area contributed by atoms with Crippen LogP contribution in [0.15, 0.2) is 12.4 Å². The standard InChI is InChI=1S/C13H21N3O2/c1-3-15-10-8-14-13(15)16-9-6-5-7-11(16)12(17)18-4-2/h8,10-11H,3-7,9H2,1-2H3. The van der Waals surface area contributed by atoms with Crippen molar-refractivity contribution >= 4 is 11.9 Å². The molecule has 0 N–H and O–H groups in total. The van der Waals surface area contributed by atoms with Gasteiger partial charge in [0.05, 0.1) is 6.61 Å². The van der Waals surface area contributed by atoms with Crippen molar-refractivity contribution < 1.29 is 9.53 Å². The molecule has 1 saturated heterocycles. The van der Waals surface area contributed by atoms with Gasteiger partial charge in [-0.1, -0.05) is 0 Å². The van der Waals surface area contributed by atoms with Gasteiger partial charge in [-0.15, -0.1) is 0 Å². The highest BCUT2D eigenvalue weighted by atomic mass is 16.5. The van der Waals surface area contributed by atoms with Gasteiger partial charge in [-0.25, -0.2) is 9.78 Å². The summed E-state index contributed by atoms with van der Waals surface area (Å²) in [4.78, 5) is 18.5. The summed E-state index contributed by atoms with van der Waals surface area (Å²) >= 11 is 0. The molecule has 5 heteroatoms. The highest BCUT2D eigenvalue weighted by Crippen LogP contribution is 2.24. The second-order valence-electron chi connectivity index (χ2n) is 4.47. The molecule has 100 valence electrons. The Morgan fingerprint density at radius 1 is 1.50 bits per heavy atom. The lowest BCUT2D eigenvalue weighted by Crippen LogP contribution is -2.46. The molecule has 0 bridgehead atoms. The van der Waals surface area contributed by atoms with Crippen molar-refractivity contribution in [1.29, 1.82) is 0 Å². The van der Waals surface area contributed by atoms with Gasteiger partial charge in [0.2, 0.25) is 5.95 Å². The summed E-state index contributed by atoms with van der Waals surface area (Å²) in [5.74, 6) is 0.762. The van der Waals surface area contributed by atoms with Crippen molar-refractivity contribution in [3.05, 3.63) is 12.4 Å². The number of imidazole rings is 1. The van der Waals surface area contributed by atoms with Crippen LogP contribution in [-0.2, 0) is 16.1 Å². The summed E-state index contributed by atoms with van der Waals surface area (Å²) in [7, 11) is 0. The minimum atomic E-state index is -0.175. The molecule has 1 atom stereocenters. The first kappa shape index (κ1) is 12.9. The quantitative estimate of drug-likeness (QED) is 0.766. The number of ether oxygens (including phenoxy) is 1. The first-order chi connectivity index (χ1) is 8.77. The lowest BCUT2D eigenvalue weighted by atomic mass is 10.0. The van der Waals surface area contributed by atoms with E-state index in [1.165, 1.54) is 0 Å². The lowest BCUT2D eigenvalue weighted by molar-refractivity contribution is -0.145. The molecule has 1 fully saturated rings. The van der Waals surface area contributed by atoms with Crippen molar-refractivity contribution in [3.63, 3.8) is 0 Å². The molecule has 1 aromatic heterocycles. The first-order valence-corrected chi connectivity index (χ1v) is 6.72. The Bertz CT molecular complexity index is 403. The van der Waals surface area contributed by atoms with Crippen molar-refractivity contribution in [3.8, 4) is 0 Å². The minimum Gasteiger partial charge on any atom is -0.464 e. The van der Waals surface area contributed by atoms with Crippen LogP contribution < -0.4 is 4.90 Å². The third kappa shape index (κ3) is 2.49. The third-order valence-electron chi connectivity index (χ3n) is 3.35. The fourth-order valence-corrected chi connectivity index (χ4v) is 2.46. The Kier molecular flexibility index (Phi) is 4.23. The van der Waals surface area contributed by atoms with Gasteiger partial charge < -0.3 is 14.2 Å². The maximum absolute atomic E-state index is 12.0. The van der Waals surface area contributed by atoms with E-state index < -0.39 is 0 Å². The van der Waals surface area contributed by atoms with E-state index >= 15 is 0 Å². The second-order valence-corrected chi connectivity index (χ2v) is 4.47. The molecule has 0 aromatic carbocycles. The van der Waals surface area contributed by atoms with Gasteiger partial charge in [0.15, 0.2) is 0 Å². The molecule has 0 saturated carbocycles. The molecule has 1 aliphatic heterocycles. The predicted molar refractivity (Wildman–Crippen MR) is 69.5 cm³/mol. The lowest BCUT2D eigenvalue weighted by Gasteiger charge is -2.34. The Morgan fingerprint density at radius 3 is 3.06 bits per heavy atom. The zero-order valence-corrected chi connectivity index (χ0v) is 11.1. The van der Waals surface area contributed by atoms with Crippen LogP contribution in [-0.4, -0.2) is 34.7 Å². The zero-order valence-electron chi connectivity index (χ0n) is 11.1. The summed E-state index contributed by atoms with van der Waals surface area (Å²) < 4.78 is 7.23. The van der Waals surface area contributed by atoms with Gasteiger partial charge in [0.1, 0.15) is 6.04 Å². The van der Waals surface area contributed by atoms with E-state index in [4.69, 9.17) is 4.74 Å². The number of anilines is 1. The SMILES string of the molecule is CCOC(=O)C1CCCCN1c1nccn1CC. The first-order valence-electron chi connectivity index (χ1n) is 6.72. The summed E-state index contributed by atoms with van der Waals surface area (Å²) in [6.45, 7) is 6.10. The van der Waals surface area contributed by atoms with Gasteiger partial charge in [0, 0.05) is 25.5 Å². The summed E-state index contributed by atoms with van der Waals surface area (Å²) in [6.07, 6.45) is 6.77.